The van der Waals surface area contributed by atoms with Crippen LogP contribution in [-0.2, 0) is 19.2 Å². The maximum Gasteiger partial charge on any atom is 0.304 e. The summed E-state index contributed by atoms with van der Waals surface area (Å²) in [7, 11) is 3.30. The molecule has 0 saturated heterocycles. The minimum atomic E-state index is -1.00. The molecule has 294 valence electrons. The highest BCUT2D eigenvalue weighted by molar-refractivity contribution is 7.14. The maximum absolute atomic E-state index is 13.2. The summed E-state index contributed by atoms with van der Waals surface area (Å²) >= 11 is 15.2. The number of benzene rings is 3. The number of amides is 2. The van der Waals surface area contributed by atoms with Gasteiger partial charge in [-0.1, -0.05) is 123 Å². The summed E-state index contributed by atoms with van der Waals surface area (Å²) in [6.45, 7) is 1.88. The average molecular weight is 836 g/mol. The lowest BCUT2D eigenvalue weighted by Crippen LogP contribution is -2.36. The van der Waals surface area contributed by atoms with Gasteiger partial charge in [0.25, 0.3) is 0 Å². The summed E-state index contributed by atoms with van der Waals surface area (Å²) in [6.07, 6.45) is 4.76. The Hall–Kier alpha value is -4.62. The molecule has 14 heteroatoms. The lowest BCUT2D eigenvalue weighted by molar-refractivity contribution is -0.141. The second kappa shape index (κ2) is 20.0. The predicted molar refractivity (Wildman–Crippen MR) is 225 cm³/mol. The van der Waals surface area contributed by atoms with E-state index in [9.17, 15) is 29.4 Å². The van der Waals surface area contributed by atoms with Gasteiger partial charge in [-0.05, 0) is 36.0 Å². The molecule has 2 N–H and O–H groups in total. The van der Waals surface area contributed by atoms with Gasteiger partial charge in [-0.25, -0.2) is 9.97 Å². The van der Waals surface area contributed by atoms with Crippen LogP contribution in [0.2, 0.25) is 10.0 Å². The Morgan fingerprint density at radius 1 is 0.714 bits per heavy atom. The molecule has 5 aromatic rings. The van der Waals surface area contributed by atoms with Crippen molar-refractivity contribution in [2.24, 2.45) is 17.8 Å². The van der Waals surface area contributed by atoms with Gasteiger partial charge in [-0.3, -0.25) is 29.0 Å². The zero-order chi connectivity index (χ0) is 40.4. The second-order valence-corrected chi connectivity index (χ2v) is 16.4. The normalized spacial score (nSPS) is 14.2. The van der Waals surface area contributed by atoms with E-state index in [1.807, 2.05) is 84.4 Å². The molecule has 1 aliphatic rings. The number of carboxylic acid groups (broad SMARTS) is 2. The number of nitrogens with zero attached hydrogens (tertiary/aromatic N) is 4. The molecule has 0 aliphatic heterocycles. The number of aliphatic carboxylic acids is 2. The smallest absolute Gasteiger partial charge is 0.304 e. The number of hydrogen-bond acceptors (Lipinski definition) is 8. The first-order valence-electron chi connectivity index (χ1n) is 18.3. The molecule has 2 aromatic heterocycles. The number of carboxylic acids is 2. The van der Waals surface area contributed by atoms with Crippen LogP contribution in [0.15, 0.2) is 89.6 Å². The van der Waals surface area contributed by atoms with Crippen LogP contribution < -0.4 is 9.80 Å². The van der Waals surface area contributed by atoms with Crippen molar-refractivity contribution >= 4 is 79.9 Å². The van der Waals surface area contributed by atoms with Gasteiger partial charge in [0.05, 0.1) is 30.1 Å². The van der Waals surface area contributed by atoms with Crippen molar-refractivity contribution in [3.63, 3.8) is 0 Å². The Balaban J connectivity index is 0.000000215. The van der Waals surface area contributed by atoms with E-state index in [1.54, 1.807) is 26.2 Å². The number of carbonyl (C=O) groups is 4. The first-order chi connectivity index (χ1) is 26.8. The Bertz CT molecular complexity index is 2120. The highest BCUT2D eigenvalue weighted by atomic mass is 35.5. The number of carbonyl (C=O) groups excluding carboxylic acids is 2. The van der Waals surface area contributed by atoms with Gasteiger partial charge < -0.3 is 10.2 Å². The fraction of sp³-hybridized carbons (Fsp3) is 0.333. The first-order valence-corrected chi connectivity index (χ1v) is 20.8. The van der Waals surface area contributed by atoms with Crippen LogP contribution in [0.1, 0.15) is 63.4 Å². The van der Waals surface area contributed by atoms with E-state index < -0.39 is 23.8 Å². The van der Waals surface area contributed by atoms with Gasteiger partial charge in [0, 0.05) is 51.9 Å². The molecule has 0 spiro atoms. The monoisotopic (exact) mass is 834 g/mol. The number of anilines is 2. The van der Waals surface area contributed by atoms with Crippen molar-refractivity contribution in [3.8, 4) is 22.5 Å². The molecule has 10 nitrogen and oxygen atoms in total. The molecule has 2 heterocycles. The Morgan fingerprint density at radius 2 is 1.18 bits per heavy atom. The molecular formula is C42H44Cl2N4O6S2. The first kappa shape index (κ1) is 42.5. The van der Waals surface area contributed by atoms with Gasteiger partial charge in [0.2, 0.25) is 11.8 Å². The van der Waals surface area contributed by atoms with Crippen molar-refractivity contribution in [2.75, 3.05) is 23.9 Å². The highest BCUT2D eigenvalue weighted by Crippen LogP contribution is 2.36. The predicted octanol–water partition coefficient (Wildman–Crippen LogP) is 10.4. The van der Waals surface area contributed by atoms with Crippen molar-refractivity contribution in [1.29, 1.82) is 0 Å². The van der Waals surface area contributed by atoms with Crippen LogP contribution >= 0.6 is 45.9 Å². The summed E-state index contributed by atoms with van der Waals surface area (Å²) in [6, 6.07) is 24.3. The van der Waals surface area contributed by atoms with E-state index in [2.05, 4.69) is 9.97 Å². The number of thiazole rings is 2. The van der Waals surface area contributed by atoms with E-state index in [-0.39, 0.29) is 30.6 Å². The zero-order valence-corrected chi connectivity index (χ0v) is 34.5. The van der Waals surface area contributed by atoms with Crippen molar-refractivity contribution < 1.29 is 29.4 Å². The van der Waals surface area contributed by atoms with Gasteiger partial charge in [-0.15, -0.1) is 22.7 Å². The SMILES string of the molecule is CN(C(=O)C(CC(=O)O)CC1CCCC1)c1nc(-c2ccccc2Cl)cs1.C[C@@H](c1ccccc1)[C@H](CC(=O)O)C(=O)N(C)c1nc(-c2ccccc2Cl)cs1. The van der Waals surface area contributed by atoms with Crippen LogP contribution in [0.4, 0.5) is 10.3 Å². The lowest BCUT2D eigenvalue weighted by atomic mass is 9.84. The van der Waals surface area contributed by atoms with Crippen LogP contribution in [0.3, 0.4) is 0 Å². The number of halogens is 2. The second-order valence-electron chi connectivity index (χ2n) is 13.9. The van der Waals surface area contributed by atoms with E-state index in [4.69, 9.17) is 23.2 Å². The minimum absolute atomic E-state index is 0.136. The summed E-state index contributed by atoms with van der Waals surface area (Å²) in [5, 5.41) is 24.6. The van der Waals surface area contributed by atoms with Crippen LogP contribution in [0, 0.1) is 17.8 Å². The molecule has 3 atom stereocenters. The summed E-state index contributed by atoms with van der Waals surface area (Å²) in [5.41, 5.74) is 3.93. The van der Waals surface area contributed by atoms with E-state index in [0.717, 1.165) is 29.5 Å². The topological polar surface area (TPSA) is 141 Å². The fourth-order valence-corrected chi connectivity index (χ4v) is 8.98. The molecule has 1 unspecified atom stereocenters. The van der Waals surface area contributed by atoms with Crippen LogP contribution in [0.25, 0.3) is 22.5 Å². The molecule has 0 radical (unpaired) electrons. The van der Waals surface area contributed by atoms with Gasteiger partial charge in [-0.2, -0.15) is 0 Å². The fourth-order valence-electron chi connectivity index (χ4n) is 6.92. The van der Waals surface area contributed by atoms with Gasteiger partial charge in [0.1, 0.15) is 0 Å². The maximum atomic E-state index is 13.2. The van der Waals surface area contributed by atoms with Gasteiger partial charge >= 0.3 is 11.9 Å². The molecule has 0 bridgehead atoms. The standard InChI is InChI=1S/C22H21ClN2O3S.C20H23ClN2O3S/c1-14(15-8-4-3-5-9-15)17(12-20(26)27)21(28)25(2)22-24-19(13-29-22)16-10-6-7-11-18(16)23;1-23(19(26)14(11-18(24)25)10-13-6-2-3-7-13)20-22-17(12-27-20)15-8-4-5-9-16(15)21/h3-11,13-14,17H,12H2,1-2H3,(H,26,27);4-5,8-9,12-14H,2-3,6-7,10-11H2,1H3,(H,24,25)/t14-,17-;/m0./s1. The van der Waals surface area contributed by atoms with E-state index in [1.165, 1.54) is 45.3 Å². The number of aromatic nitrogens is 2. The molecule has 1 saturated carbocycles. The third-order valence-electron chi connectivity index (χ3n) is 10.0. The third kappa shape index (κ3) is 11.0. The van der Waals surface area contributed by atoms with Gasteiger partial charge in [0.15, 0.2) is 10.3 Å². The zero-order valence-electron chi connectivity index (χ0n) is 31.3. The summed E-state index contributed by atoms with van der Waals surface area (Å²) < 4.78 is 0. The molecule has 1 fully saturated rings. The molecule has 2 amide bonds. The largest absolute Gasteiger partial charge is 0.481 e. The Labute approximate surface area is 344 Å². The van der Waals surface area contributed by atoms with Crippen LogP contribution in [0.5, 0.6) is 0 Å². The lowest BCUT2D eigenvalue weighted by Gasteiger charge is -2.26. The quantitative estimate of drug-likeness (QED) is 0.113. The molecule has 6 rings (SSSR count). The Morgan fingerprint density at radius 3 is 1.66 bits per heavy atom. The number of rotatable bonds is 14. The van der Waals surface area contributed by atoms with Crippen LogP contribution in [-0.4, -0.2) is 58.0 Å². The third-order valence-corrected chi connectivity index (χ3v) is 12.5. The average Bonchev–Trinajstić information content (AvgIpc) is 4.00. The molecular weight excluding hydrogens is 792 g/mol. The van der Waals surface area contributed by atoms with Crippen molar-refractivity contribution in [1.82, 2.24) is 9.97 Å². The Kier molecular flexibility index (Phi) is 15.2. The molecule has 3 aromatic carbocycles. The molecule has 56 heavy (non-hydrogen) atoms. The van der Waals surface area contributed by atoms with Crippen molar-refractivity contribution in [3.05, 3.63) is 105 Å². The highest BCUT2D eigenvalue weighted by Gasteiger charge is 2.33. The van der Waals surface area contributed by atoms with E-state index >= 15 is 0 Å². The minimum Gasteiger partial charge on any atom is -0.481 e. The molecule has 1 aliphatic carbocycles. The summed E-state index contributed by atoms with van der Waals surface area (Å²) in [5.74, 6) is -3.40. The summed E-state index contributed by atoms with van der Waals surface area (Å²) in [4.78, 5) is 60.9. The van der Waals surface area contributed by atoms with E-state index in [0.29, 0.717) is 44.0 Å². The van der Waals surface area contributed by atoms with Crippen molar-refractivity contribution in [2.45, 2.75) is 57.8 Å². The number of hydrogen-bond donors (Lipinski definition) is 2.